The lowest BCUT2D eigenvalue weighted by atomic mass is 10.0. The highest BCUT2D eigenvalue weighted by Gasteiger charge is 2.40. The number of nitrogens with two attached hydrogens (primary N) is 1. The van der Waals surface area contributed by atoms with Crippen LogP contribution in [0.4, 0.5) is 27.6 Å². The first-order chi connectivity index (χ1) is 8.14. The second kappa shape index (κ2) is 4.75. The van der Waals surface area contributed by atoms with E-state index in [2.05, 4.69) is 4.98 Å². The number of halogens is 5. The van der Waals surface area contributed by atoms with Crippen LogP contribution in [0.15, 0.2) is 6.20 Å². The molecule has 0 fully saturated rings. The number of carboxylic acid groups (broad SMARTS) is 1. The Bertz CT molecular complexity index is 473. The van der Waals surface area contributed by atoms with E-state index in [1.54, 1.807) is 0 Å². The van der Waals surface area contributed by atoms with Crippen molar-refractivity contribution in [1.82, 2.24) is 4.98 Å². The van der Waals surface area contributed by atoms with E-state index >= 15 is 0 Å². The van der Waals surface area contributed by atoms with Gasteiger partial charge in [-0.3, -0.25) is 9.78 Å². The van der Waals surface area contributed by atoms with Gasteiger partial charge in [-0.1, -0.05) is 0 Å². The number of hydrogen-bond acceptors (Lipinski definition) is 3. The molecule has 3 N–H and O–H groups in total. The molecule has 0 aromatic carbocycles. The monoisotopic (exact) mass is 270 g/mol. The summed E-state index contributed by atoms with van der Waals surface area (Å²) in [6, 6.07) is 0. The summed E-state index contributed by atoms with van der Waals surface area (Å²) in [5.74, 6) is -1.61. The maximum atomic E-state index is 12.7. The minimum Gasteiger partial charge on any atom is -0.481 e. The molecule has 0 spiro atoms. The van der Waals surface area contributed by atoms with E-state index in [9.17, 15) is 26.7 Å². The van der Waals surface area contributed by atoms with Crippen molar-refractivity contribution in [2.45, 2.75) is 19.0 Å². The number of carbonyl (C=O) groups is 1. The second-order valence-electron chi connectivity index (χ2n) is 3.32. The van der Waals surface area contributed by atoms with Crippen molar-refractivity contribution in [3.63, 3.8) is 0 Å². The van der Waals surface area contributed by atoms with E-state index < -0.39 is 47.5 Å². The number of hydrogen-bond donors (Lipinski definition) is 2. The van der Waals surface area contributed by atoms with Crippen LogP contribution in [0.1, 0.15) is 23.2 Å². The van der Waals surface area contributed by atoms with Crippen molar-refractivity contribution in [2.75, 3.05) is 5.73 Å². The number of alkyl halides is 5. The predicted molar refractivity (Wildman–Crippen MR) is 49.9 cm³/mol. The van der Waals surface area contributed by atoms with Crippen molar-refractivity contribution >= 4 is 11.7 Å². The van der Waals surface area contributed by atoms with Gasteiger partial charge in [0.2, 0.25) is 0 Å². The van der Waals surface area contributed by atoms with E-state index in [-0.39, 0.29) is 0 Å². The fourth-order valence-electron chi connectivity index (χ4n) is 1.41. The highest BCUT2D eigenvalue weighted by atomic mass is 19.4. The van der Waals surface area contributed by atoms with Crippen molar-refractivity contribution in [2.24, 2.45) is 0 Å². The molecule has 0 amide bonds. The molecule has 9 heteroatoms. The minimum atomic E-state index is -5.15. The number of pyridine rings is 1. The minimum absolute atomic E-state index is 0.592. The van der Waals surface area contributed by atoms with Crippen molar-refractivity contribution in [3.05, 3.63) is 23.0 Å². The normalized spacial score (nSPS) is 11.9. The third-order valence-electron chi connectivity index (χ3n) is 2.05. The zero-order valence-electron chi connectivity index (χ0n) is 8.63. The van der Waals surface area contributed by atoms with Gasteiger partial charge in [-0.2, -0.15) is 13.2 Å². The first kappa shape index (κ1) is 14.1. The Balaban J connectivity index is 3.54. The highest BCUT2D eigenvalue weighted by Crippen LogP contribution is 2.40. The summed E-state index contributed by atoms with van der Waals surface area (Å²) in [7, 11) is 0. The summed E-state index contributed by atoms with van der Waals surface area (Å²) in [4.78, 5) is 13.6. The zero-order valence-corrected chi connectivity index (χ0v) is 8.63. The van der Waals surface area contributed by atoms with E-state index in [1.165, 1.54) is 0 Å². The van der Waals surface area contributed by atoms with Crippen molar-refractivity contribution in [1.29, 1.82) is 0 Å². The van der Waals surface area contributed by atoms with Crippen LogP contribution >= 0.6 is 0 Å². The van der Waals surface area contributed by atoms with Crippen LogP contribution in [0.25, 0.3) is 0 Å². The van der Waals surface area contributed by atoms with E-state index in [4.69, 9.17) is 10.8 Å². The van der Waals surface area contributed by atoms with Crippen LogP contribution in [0, 0.1) is 0 Å². The fourth-order valence-corrected chi connectivity index (χ4v) is 1.41. The van der Waals surface area contributed by atoms with Crippen LogP contribution in [0.5, 0.6) is 0 Å². The summed E-state index contributed by atoms with van der Waals surface area (Å²) >= 11 is 0. The van der Waals surface area contributed by atoms with Crippen LogP contribution in [-0.2, 0) is 17.4 Å². The Hall–Kier alpha value is -1.93. The smallest absolute Gasteiger partial charge is 0.418 e. The molecule has 18 heavy (non-hydrogen) atoms. The lowest BCUT2D eigenvalue weighted by Gasteiger charge is -2.17. The molecule has 1 aromatic rings. The molecule has 0 bridgehead atoms. The van der Waals surface area contributed by atoms with Gasteiger partial charge in [0.25, 0.3) is 6.43 Å². The van der Waals surface area contributed by atoms with Gasteiger partial charge in [-0.05, 0) is 0 Å². The van der Waals surface area contributed by atoms with E-state index in [1.807, 2.05) is 0 Å². The Kier molecular flexibility index (Phi) is 3.73. The molecular weight excluding hydrogens is 263 g/mol. The average molecular weight is 270 g/mol. The predicted octanol–water partition coefficient (Wildman–Crippen LogP) is 2.25. The molecule has 0 aliphatic rings. The molecule has 0 atom stereocenters. The standard InChI is InChI=1S/C9H7F5N2O2/c10-8(11)6-3(15)2-16-4(1-5(17)18)7(6)9(12,13)14/h2,8H,1,15H2,(H,17,18). The van der Waals surface area contributed by atoms with Crippen LogP contribution < -0.4 is 5.73 Å². The maximum Gasteiger partial charge on any atom is 0.418 e. The molecule has 0 saturated carbocycles. The Morgan fingerprint density at radius 1 is 1.44 bits per heavy atom. The number of anilines is 1. The second-order valence-corrected chi connectivity index (χ2v) is 3.32. The summed E-state index contributed by atoms with van der Waals surface area (Å²) in [5, 5.41) is 8.43. The summed E-state index contributed by atoms with van der Waals surface area (Å²) in [5.41, 5.74) is 0.000618. The number of nitrogens with zero attached hydrogens (tertiary/aromatic N) is 1. The number of carboxylic acids is 1. The third-order valence-corrected chi connectivity index (χ3v) is 2.05. The molecule has 4 nitrogen and oxygen atoms in total. The Labute approximate surface area is 97.2 Å². The largest absolute Gasteiger partial charge is 0.481 e. The number of nitrogen functional groups attached to an aromatic ring is 1. The lowest BCUT2D eigenvalue weighted by molar-refractivity contribution is -0.141. The fraction of sp³-hybridized carbons (Fsp3) is 0.333. The van der Waals surface area contributed by atoms with Gasteiger partial charge in [-0.15, -0.1) is 0 Å². The average Bonchev–Trinajstić information content (AvgIpc) is 2.17. The lowest BCUT2D eigenvalue weighted by Crippen LogP contribution is -2.18. The third kappa shape index (κ3) is 2.84. The topological polar surface area (TPSA) is 76.2 Å². The van der Waals surface area contributed by atoms with E-state index in [0.717, 1.165) is 0 Å². The molecular formula is C9H7F5N2O2. The molecule has 0 radical (unpaired) electrons. The molecule has 1 heterocycles. The quantitative estimate of drug-likeness (QED) is 0.826. The van der Waals surface area contributed by atoms with Gasteiger partial charge >= 0.3 is 12.1 Å². The van der Waals surface area contributed by atoms with Gasteiger partial charge < -0.3 is 10.8 Å². The van der Waals surface area contributed by atoms with Crippen LogP contribution in [-0.4, -0.2) is 16.1 Å². The molecule has 1 aromatic heterocycles. The van der Waals surface area contributed by atoms with Gasteiger partial charge in [0.1, 0.15) is 0 Å². The number of rotatable bonds is 3. The van der Waals surface area contributed by atoms with Gasteiger partial charge in [0.15, 0.2) is 0 Å². The summed E-state index contributed by atoms with van der Waals surface area (Å²) in [6.45, 7) is 0. The SMILES string of the molecule is Nc1cnc(CC(=O)O)c(C(F)(F)F)c1C(F)F. The van der Waals surface area contributed by atoms with Gasteiger partial charge in [-0.25, -0.2) is 8.78 Å². The van der Waals surface area contributed by atoms with Crippen LogP contribution in [0.2, 0.25) is 0 Å². The van der Waals surface area contributed by atoms with Crippen molar-refractivity contribution in [3.8, 4) is 0 Å². The number of aromatic nitrogens is 1. The van der Waals surface area contributed by atoms with E-state index in [0.29, 0.717) is 6.20 Å². The summed E-state index contributed by atoms with van der Waals surface area (Å²) < 4.78 is 63.2. The van der Waals surface area contributed by atoms with Gasteiger partial charge in [0.05, 0.1) is 35.1 Å². The molecule has 1 rings (SSSR count). The highest BCUT2D eigenvalue weighted by molar-refractivity contribution is 5.71. The molecule has 0 saturated heterocycles. The summed E-state index contributed by atoms with van der Waals surface area (Å²) in [6.07, 6.45) is -9.15. The van der Waals surface area contributed by atoms with Crippen LogP contribution in [0.3, 0.4) is 0 Å². The van der Waals surface area contributed by atoms with Gasteiger partial charge in [0, 0.05) is 0 Å². The molecule has 100 valence electrons. The molecule has 0 aliphatic heterocycles. The first-order valence-corrected chi connectivity index (χ1v) is 4.49. The maximum absolute atomic E-state index is 12.7. The molecule has 0 aliphatic carbocycles. The first-order valence-electron chi connectivity index (χ1n) is 4.49. The Morgan fingerprint density at radius 2 is 2.00 bits per heavy atom. The number of aliphatic carboxylic acids is 1. The Morgan fingerprint density at radius 3 is 2.39 bits per heavy atom. The zero-order chi connectivity index (χ0) is 14.1. The molecule has 0 unspecified atom stereocenters. The van der Waals surface area contributed by atoms with Crippen molar-refractivity contribution < 1.29 is 31.9 Å².